The van der Waals surface area contributed by atoms with Gasteiger partial charge >= 0.3 is 0 Å². The zero-order valence-electron chi connectivity index (χ0n) is 60.6. The largest absolute Gasteiger partial charge is 0.344 e. The third-order valence-electron chi connectivity index (χ3n) is 22.4. The highest BCUT2D eigenvalue weighted by Gasteiger charge is 2.50. The summed E-state index contributed by atoms with van der Waals surface area (Å²) in [5.74, 6) is -1.34. The molecule has 11 rings (SSSR count). The number of Topliss-reactive ketones (excluding diaryl/α,β-unsaturated/α-hetero) is 1. The quantitative estimate of drug-likeness (QED) is 0.0229. The molecule has 19 heteroatoms. The van der Waals surface area contributed by atoms with Crippen molar-refractivity contribution < 1.29 is 28.8 Å². The molecule has 4 aliphatic heterocycles. The molecule has 7 aromatic rings. The Morgan fingerprint density at radius 3 is 1.55 bits per heavy atom. The molecule has 5 aromatic carbocycles. The summed E-state index contributed by atoms with van der Waals surface area (Å²) in [4.78, 5) is 90.6. The van der Waals surface area contributed by atoms with Crippen molar-refractivity contribution >= 4 is 35.3 Å². The van der Waals surface area contributed by atoms with Gasteiger partial charge in [-0.05, 0) is 194 Å². The van der Waals surface area contributed by atoms with E-state index in [4.69, 9.17) is 5.10 Å². The molecule has 11 atom stereocenters. The van der Waals surface area contributed by atoms with Crippen molar-refractivity contribution in [2.75, 3.05) is 13.6 Å². The fourth-order valence-corrected chi connectivity index (χ4v) is 16.5. The summed E-state index contributed by atoms with van der Waals surface area (Å²) in [6.45, 7) is 8.76. The molecule has 0 bridgehead atoms. The number of likely N-dealkylation sites (N-methyl/N-ethyl adjacent to an activating group) is 1. The van der Waals surface area contributed by atoms with E-state index in [9.17, 15) is 28.8 Å². The number of aromatic nitrogens is 6. The number of nitrogens with zero attached hydrogens (tertiary/aromatic N) is 8. The van der Waals surface area contributed by atoms with E-state index >= 15 is 0 Å². The predicted octanol–water partition coefficient (Wildman–Crippen LogP) is 11.7. The van der Waals surface area contributed by atoms with Gasteiger partial charge in [0, 0.05) is 56.2 Å². The van der Waals surface area contributed by atoms with Gasteiger partial charge < -0.3 is 36.4 Å². The van der Waals surface area contributed by atoms with Crippen LogP contribution in [-0.2, 0) is 67.7 Å². The average molecular weight is 1380 g/mol. The second-order valence-electron chi connectivity index (χ2n) is 29.1. The summed E-state index contributed by atoms with van der Waals surface area (Å²) in [7, 11) is 1.76. The van der Waals surface area contributed by atoms with Crippen LogP contribution in [-0.4, -0.2) is 131 Å². The molecule has 5 N–H and O–H groups in total. The van der Waals surface area contributed by atoms with Crippen molar-refractivity contribution in [1.29, 1.82) is 0 Å². The topological polar surface area (TPSA) is 230 Å². The molecule has 542 valence electrons. The third-order valence-corrected chi connectivity index (χ3v) is 22.4. The summed E-state index contributed by atoms with van der Waals surface area (Å²) >= 11 is 0. The number of benzene rings is 5. The molecule has 102 heavy (non-hydrogen) atoms. The van der Waals surface area contributed by atoms with Gasteiger partial charge in [-0.1, -0.05) is 183 Å². The van der Waals surface area contributed by atoms with Crippen LogP contribution in [0.4, 0.5) is 0 Å². The van der Waals surface area contributed by atoms with Crippen molar-refractivity contribution in [2.24, 2.45) is 17.8 Å². The summed E-state index contributed by atoms with van der Waals surface area (Å²) in [5, 5.41) is 34.8. The number of amides is 5. The zero-order valence-corrected chi connectivity index (χ0v) is 60.6. The summed E-state index contributed by atoms with van der Waals surface area (Å²) in [5.41, 5.74) is 8.26. The maximum absolute atomic E-state index is 15.0. The van der Waals surface area contributed by atoms with E-state index in [0.717, 1.165) is 113 Å². The molecule has 0 aliphatic carbocycles. The SMILES string of the molecule is CCC(CC)C(=O)N[C@@H]1C(=O)N2[C@@H](CC[C@@H]1CCCCc1ccccc1)CC[C@H]2C(=O)C[C@@H](c1ccccc1)c1cn(CCCCc2ccc(CCCCn3cc([C@@H](NC(=O)[C@@H]4CC[C@@H]5CC[C@H](CCNCc6ccccc6)[C@H](NC(=O)[C@H](CC)NC)C(=O)N54)c4ccccc4)nn3)cc2)nn1. The summed E-state index contributed by atoms with van der Waals surface area (Å²) in [6, 6.07) is 45.7. The van der Waals surface area contributed by atoms with E-state index in [-0.39, 0.29) is 77.5 Å². The molecule has 6 heterocycles. The number of rotatable bonds is 37. The van der Waals surface area contributed by atoms with Crippen LogP contribution in [0.1, 0.15) is 206 Å². The van der Waals surface area contributed by atoms with Gasteiger partial charge in [0.2, 0.25) is 29.5 Å². The molecule has 2 aromatic heterocycles. The number of nitrogens with one attached hydrogen (secondary N) is 5. The van der Waals surface area contributed by atoms with Crippen LogP contribution in [0.3, 0.4) is 0 Å². The summed E-state index contributed by atoms with van der Waals surface area (Å²) < 4.78 is 3.75. The lowest BCUT2D eigenvalue weighted by molar-refractivity contribution is -0.143. The molecule has 0 unspecified atom stereocenters. The van der Waals surface area contributed by atoms with Crippen molar-refractivity contribution in [1.82, 2.24) is 66.4 Å². The maximum atomic E-state index is 15.0. The lowest BCUT2D eigenvalue weighted by atomic mass is 9.86. The standard InChI is InChI=1S/C83H109N13O6/c1-5-62(6-2)79(98)87-77-65(37-21-20-28-58-26-12-8-13-27-58)42-44-67-46-48-73(95(67)82(77)101)75(97)54-69(63-33-16-10-17-34-63)71-56-93(91-89-71)52-24-22-29-59-38-40-60(41-39-59)30-23-25-53-94-57-72(90-92-94)76(64-35-18-11-19-36-64)86-81(100)74-49-47-68-45-43-66(50-51-85-55-61-31-14-9-15-32-61)78(83(102)96(68)74)88-80(99)70(7-3)84-4/h8-19,26-27,31-36,38-41,56-57,62,65-70,73-74,76-78,84-85H,5-7,20-25,28-30,37,42-55H2,1-4H3,(H,86,100)(H,87,98)(H,88,99)/t65-,66+,67-,68-,69-,70-,73-,74-,76-,77-,78-/m0/s1. The molecule has 4 aliphatic rings. The molecule has 5 amide bonds. The van der Waals surface area contributed by atoms with Gasteiger partial charge in [-0.15, -0.1) is 10.2 Å². The third kappa shape index (κ3) is 19.5. The number of fused-ring (bicyclic) bond motifs is 2. The van der Waals surface area contributed by atoms with Crippen molar-refractivity contribution in [3.8, 4) is 0 Å². The van der Waals surface area contributed by atoms with Gasteiger partial charge in [0.05, 0.1) is 30.0 Å². The fraction of sp³-hybridized carbons (Fsp3) is 0.518. The molecule has 0 radical (unpaired) electrons. The first kappa shape index (κ1) is 74.5. The first-order valence-corrected chi connectivity index (χ1v) is 38.4. The highest BCUT2D eigenvalue weighted by atomic mass is 16.2. The molecule has 4 saturated heterocycles. The van der Waals surface area contributed by atoms with Gasteiger partial charge in [-0.25, -0.2) is 0 Å². The van der Waals surface area contributed by atoms with Gasteiger partial charge in [-0.2, -0.15) is 0 Å². The Bertz CT molecular complexity index is 3520. The molecule has 0 saturated carbocycles. The second kappa shape index (κ2) is 37.5. The number of hydrogen-bond donors (Lipinski definition) is 5. The number of hydrogen-bond acceptors (Lipinski definition) is 12. The van der Waals surface area contributed by atoms with Crippen LogP contribution in [0.15, 0.2) is 158 Å². The Labute approximate surface area is 603 Å². The van der Waals surface area contributed by atoms with Gasteiger partial charge in [0.25, 0.3) is 0 Å². The van der Waals surface area contributed by atoms with E-state index in [1.54, 1.807) is 11.9 Å². The Morgan fingerprint density at radius 1 is 0.500 bits per heavy atom. The van der Waals surface area contributed by atoms with E-state index in [1.807, 2.05) is 132 Å². The smallest absolute Gasteiger partial charge is 0.246 e. The summed E-state index contributed by atoms with van der Waals surface area (Å²) in [6.07, 6.45) is 22.0. The lowest BCUT2D eigenvalue weighted by Gasteiger charge is -2.33. The number of carbonyl (C=O) groups excluding carboxylic acids is 6. The number of unbranched alkanes of at least 4 members (excludes halogenated alkanes) is 3. The number of ketones is 1. The Hall–Kier alpha value is -8.68. The average Bonchev–Trinajstić information content (AvgIpc) is 1.63. The molecule has 19 nitrogen and oxygen atoms in total. The predicted molar refractivity (Wildman–Crippen MR) is 397 cm³/mol. The minimum atomic E-state index is -0.757. The Kier molecular flexibility index (Phi) is 27.4. The Balaban J connectivity index is 0.646. The van der Waals surface area contributed by atoms with E-state index in [0.29, 0.717) is 76.8 Å². The molecular formula is C83H109N13O6. The molecular weight excluding hydrogens is 1270 g/mol. The number of aryl methyl sites for hydroxylation is 5. The first-order valence-electron chi connectivity index (χ1n) is 38.4. The highest BCUT2D eigenvalue weighted by molar-refractivity contribution is 5.96. The van der Waals surface area contributed by atoms with Gasteiger partial charge in [0.1, 0.15) is 23.8 Å². The van der Waals surface area contributed by atoms with Crippen LogP contribution < -0.4 is 26.6 Å². The second-order valence-corrected chi connectivity index (χ2v) is 29.1. The van der Waals surface area contributed by atoms with Crippen LogP contribution in [0.25, 0.3) is 0 Å². The van der Waals surface area contributed by atoms with E-state index in [1.165, 1.54) is 22.3 Å². The van der Waals surface area contributed by atoms with Crippen molar-refractivity contribution in [3.63, 3.8) is 0 Å². The zero-order chi connectivity index (χ0) is 71.2. The van der Waals surface area contributed by atoms with Gasteiger partial charge in [-0.3, -0.25) is 38.1 Å². The van der Waals surface area contributed by atoms with E-state index in [2.05, 4.69) is 103 Å². The fourth-order valence-electron chi connectivity index (χ4n) is 16.5. The normalized spacial score (nSPS) is 21.4. The maximum Gasteiger partial charge on any atom is 0.246 e. The van der Waals surface area contributed by atoms with E-state index < -0.39 is 36.3 Å². The van der Waals surface area contributed by atoms with Gasteiger partial charge in [0.15, 0.2) is 5.78 Å². The van der Waals surface area contributed by atoms with Crippen LogP contribution in [0.2, 0.25) is 0 Å². The van der Waals surface area contributed by atoms with Crippen molar-refractivity contribution in [3.05, 3.63) is 203 Å². The first-order chi connectivity index (χ1) is 49.9. The van der Waals surface area contributed by atoms with Crippen LogP contribution in [0.5, 0.6) is 0 Å². The minimum Gasteiger partial charge on any atom is -0.344 e. The molecule has 0 spiro atoms. The number of carbonyl (C=O) groups is 6. The van der Waals surface area contributed by atoms with Crippen LogP contribution in [0, 0.1) is 17.8 Å². The minimum absolute atomic E-state index is 0.0102. The van der Waals surface area contributed by atoms with Crippen LogP contribution >= 0.6 is 0 Å². The Morgan fingerprint density at radius 2 is 0.980 bits per heavy atom. The van der Waals surface area contributed by atoms with Crippen molar-refractivity contribution in [2.45, 2.75) is 242 Å². The molecule has 4 fully saturated rings. The highest BCUT2D eigenvalue weighted by Crippen LogP contribution is 2.40. The lowest BCUT2D eigenvalue weighted by Crippen LogP contribution is -2.58. The monoisotopic (exact) mass is 1380 g/mol.